The highest BCUT2D eigenvalue weighted by molar-refractivity contribution is 5.71. The first-order valence-electron chi connectivity index (χ1n) is 6.26. The number of imidazole rings is 1. The van der Waals surface area contributed by atoms with Gasteiger partial charge in [-0.1, -0.05) is 19.1 Å². The summed E-state index contributed by atoms with van der Waals surface area (Å²) in [5, 5.41) is 0. The second-order valence-corrected chi connectivity index (χ2v) is 5.03. The number of benzene rings is 1. The van der Waals surface area contributed by atoms with E-state index in [2.05, 4.69) is 16.5 Å². The summed E-state index contributed by atoms with van der Waals surface area (Å²) in [6.45, 7) is 3.12. The van der Waals surface area contributed by atoms with Gasteiger partial charge >= 0.3 is 0 Å². The molecule has 0 radical (unpaired) electrons. The molecule has 1 unspecified atom stereocenters. The molecular weight excluding hydrogens is 229 g/mol. The number of aromatic nitrogens is 2. The summed E-state index contributed by atoms with van der Waals surface area (Å²) in [7, 11) is 0. The van der Waals surface area contributed by atoms with Crippen molar-refractivity contribution < 1.29 is 4.39 Å². The third-order valence-electron chi connectivity index (χ3n) is 3.54. The Morgan fingerprint density at radius 1 is 1.44 bits per heavy atom. The molecule has 1 aliphatic rings. The monoisotopic (exact) mass is 245 g/mol. The van der Waals surface area contributed by atoms with Crippen LogP contribution in [0.3, 0.4) is 0 Å². The predicted molar refractivity (Wildman–Crippen MR) is 69.5 cm³/mol. The van der Waals surface area contributed by atoms with Crippen LogP contribution in [0.15, 0.2) is 24.3 Å². The molecule has 0 aliphatic carbocycles. The van der Waals surface area contributed by atoms with Gasteiger partial charge in [0.25, 0.3) is 0 Å². The van der Waals surface area contributed by atoms with Crippen LogP contribution in [0.4, 0.5) is 10.2 Å². The summed E-state index contributed by atoms with van der Waals surface area (Å²) in [6, 6.07) is 6.44. The Balaban J connectivity index is 2.09. The number of hydrogen-bond acceptors (Lipinski definition) is 2. The van der Waals surface area contributed by atoms with Crippen molar-refractivity contribution in [3.8, 4) is 11.3 Å². The fraction of sp³-hybridized carbons (Fsp3) is 0.357. The van der Waals surface area contributed by atoms with E-state index in [0.717, 1.165) is 30.8 Å². The molecule has 2 aromatic rings. The minimum Gasteiger partial charge on any atom is -0.383 e. The van der Waals surface area contributed by atoms with E-state index in [-0.39, 0.29) is 5.82 Å². The molecular formula is C14H16FN3. The zero-order valence-electron chi connectivity index (χ0n) is 10.4. The SMILES string of the molecule is CC1CCc2nc(-c3cccc(F)c3)c(N)n2C1. The molecule has 0 saturated carbocycles. The molecule has 0 amide bonds. The largest absolute Gasteiger partial charge is 0.383 e. The number of nitrogens with zero attached hydrogens (tertiary/aromatic N) is 2. The van der Waals surface area contributed by atoms with Gasteiger partial charge in [0.1, 0.15) is 23.2 Å². The second kappa shape index (κ2) is 4.12. The van der Waals surface area contributed by atoms with Crippen molar-refractivity contribution in [2.45, 2.75) is 26.3 Å². The number of nitrogen functional groups attached to an aromatic ring is 1. The van der Waals surface area contributed by atoms with Gasteiger partial charge in [-0.25, -0.2) is 9.37 Å². The van der Waals surface area contributed by atoms with E-state index in [4.69, 9.17) is 5.73 Å². The Morgan fingerprint density at radius 2 is 2.28 bits per heavy atom. The highest BCUT2D eigenvalue weighted by Gasteiger charge is 2.22. The van der Waals surface area contributed by atoms with Gasteiger partial charge in [0, 0.05) is 18.5 Å². The summed E-state index contributed by atoms with van der Waals surface area (Å²) in [4.78, 5) is 4.57. The van der Waals surface area contributed by atoms with Crippen molar-refractivity contribution in [1.29, 1.82) is 0 Å². The lowest BCUT2D eigenvalue weighted by Crippen LogP contribution is -2.19. The number of hydrogen-bond donors (Lipinski definition) is 1. The summed E-state index contributed by atoms with van der Waals surface area (Å²) in [6.07, 6.45) is 2.08. The van der Waals surface area contributed by atoms with Gasteiger partial charge in [0.15, 0.2) is 0 Å². The van der Waals surface area contributed by atoms with E-state index in [9.17, 15) is 4.39 Å². The molecule has 94 valence electrons. The third kappa shape index (κ3) is 1.78. The summed E-state index contributed by atoms with van der Waals surface area (Å²) in [5.41, 5.74) is 7.61. The molecule has 4 heteroatoms. The third-order valence-corrected chi connectivity index (χ3v) is 3.54. The summed E-state index contributed by atoms with van der Waals surface area (Å²) in [5.74, 6) is 2.03. The van der Waals surface area contributed by atoms with Gasteiger partial charge < -0.3 is 10.3 Å². The number of halogens is 1. The summed E-state index contributed by atoms with van der Waals surface area (Å²) < 4.78 is 15.3. The van der Waals surface area contributed by atoms with Crippen LogP contribution in [0, 0.1) is 11.7 Å². The smallest absolute Gasteiger partial charge is 0.131 e. The van der Waals surface area contributed by atoms with E-state index in [1.807, 2.05) is 6.07 Å². The quantitative estimate of drug-likeness (QED) is 0.839. The molecule has 1 aromatic carbocycles. The average molecular weight is 245 g/mol. The zero-order chi connectivity index (χ0) is 12.7. The number of anilines is 1. The molecule has 1 aliphatic heterocycles. The Labute approximate surface area is 105 Å². The first kappa shape index (κ1) is 11.3. The van der Waals surface area contributed by atoms with E-state index in [1.165, 1.54) is 12.1 Å². The fourth-order valence-corrected chi connectivity index (χ4v) is 2.53. The lowest BCUT2D eigenvalue weighted by molar-refractivity contribution is 0.397. The normalized spacial score (nSPS) is 18.7. The van der Waals surface area contributed by atoms with Crippen LogP contribution >= 0.6 is 0 Å². The Morgan fingerprint density at radius 3 is 3.06 bits per heavy atom. The average Bonchev–Trinajstić information content (AvgIpc) is 2.67. The second-order valence-electron chi connectivity index (χ2n) is 5.03. The van der Waals surface area contributed by atoms with Crippen molar-refractivity contribution >= 4 is 5.82 Å². The molecule has 0 fully saturated rings. The van der Waals surface area contributed by atoms with Crippen LogP contribution in [0.1, 0.15) is 19.2 Å². The zero-order valence-corrected chi connectivity index (χ0v) is 10.4. The van der Waals surface area contributed by atoms with Gasteiger partial charge in [-0.3, -0.25) is 0 Å². The highest BCUT2D eigenvalue weighted by Crippen LogP contribution is 2.31. The van der Waals surface area contributed by atoms with E-state index in [0.29, 0.717) is 17.4 Å². The molecule has 1 aromatic heterocycles. The van der Waals surface area contributed by atoms with Crippen LogP contribution in [0.25, 0.3) is 11.3 Å². The Bertz CT molecular complexity index is 589. The molecule has 3 nitrogen and oxygen atoms in total. The Kier molecular flexibility index (Phi) is 2.58. The molecule has 0 spiro atoms. The number of rotatable bonds is 1. The van der Waals surface area contributed by atoms with E-state index >= 15 is 0 Å². The molecule has 0 saturated heterocycles. The molecule has 3 rings (SSSR count). The van der Waals surface area contributed by atoms with E-state index in [1.54, 1.807) is 6.07 Å². The van der Waals surface area contributed by atoms with Crippen molar-refractivity contribution in [1.82, 2.24) is 9.55 Å². The summed E-state index contributed by atoms with van der Waals surface area (Å²) >= 11 is 0. The maximum absolute atomic E-state index is 13.3. The fourth-order valence-electron chi connectivity index (χ4n) is 2.53. The number of nitrogens with two attached hydrogens (primary N) is 1. The topological polar surface area (TPSA) is 43.8 Å². The van der Waals surface area contributed by atoms with E-state index < -0.39 is 0 Å². The van der Waals surface area contributed by atoms with Crippen LogP contribution < -0.4 is 5.73 Å². The molecule has 1 atom stereocenters. The van der Waals surface area contributed by atoms with Crippen molar-refractivity contribution in [2.75, 3.05) is 5.73 Å². The molecule has 2 N–H and O–H groups in total. The van der Waals surface area contributed by atoms with Gasteiger partial charge in [-0.2, -0.15) is 0 Å². The lowest BCUT2D eigenvalue weighted by Gasteiger charge is -2.20. The lowest BCUT2D eigenvalue weighted by atomic mass is 10.0. The van der Waals surface area contributed by atoms with Gasteiger partial charge in [0.2, 0.25) is 0 Å². The van der Waals surface area contributed by atoms with Crippen LogP contribution in [0.2, 0.25) is 0 Å². The number of aryl methyl sites for hydroxylation is 1. The minimum absolute atomic E-state index is 0.258. The first-order chi connectivity index (χ1) is 8.65. The number of fused-ring (bicyclic) bond motifs is 1. The van der Waals surface area contributed by atoms with Crippen molar-refractivity contribution in [3.63, 3.8) is 0 Å². The molecule has 2 heterocycles. The molecule has 0 bridgehead atoms. The van der Waals surface area contributed by atoms with Crippen LogP contribution in [-0.4, -0.2) is 9.55 Å². The first-order valence-corrected chi connectivity index (χ1v) is 6.26. The van der Waals surface area contributed by atoms with Crippen molar-refractivity contribution in [3.05, 3.63) is 35.9 Å². The molecule has 18 heavy (non-hydrogen) atoms. The van der Waals surface area contributed by atoms with Gasteiger partial charge in [-0.05, 0) is 24.5 Å². The Hall–Kier alpha value is -1.84. The van der Waals surface area contributed by atoms with Crippen LogP contribution in [-0.2, 0) is 13.0 Å². The van der Waals surface area contributed by atoms with Gasteiger partial charge in [0.05, 0.1) is 0 Å². The van der Waals surface area contributed by atoms with Gasteiger partial charge in [-0.15, -0.1) is 0 Å². The highest BCUT2D eigenvalue weighted by atomic mass is 19.1. The maximum Gasteiger partial charge on any atom is 0.131 e. The minimum atomic E-state index is -0.258. The predicted octanol–water partition coefficient (Wildman–Crippen LogP) is 2.85. The standard InChI is InChI=1S/C14H16FN3/c1-9-5-6-12-17-13(14(16)18(12)8-9)10-3-2-4-11(15)7-10/h2-4,7,9H,5-6,8,16H2,1H3. The maximum atomic E-state index is 13.3. The van der Waals surface area contributed by atoms with Crippen molar-refractivity contribution in [2.24, 2.45) is 5.92 Å². The van der Waals surface area contributed by atoms with Crippen LogP contribution in [0.5, 0.6) is 0 Å².